The Morgan fingerprint density at radius 2 is 2.29 bits per heavy atom. The fourth-order valence-corrected chi connectivity index (χ4v) is 2.18. The molecule has 0 fully saturated rings. The minimum atomic E-state index is 0.559. The van der Waals surface area contributed by atoms with Gasteiger partial charge in [-0.05, 0) is 18.6 Å². The Labute approximate surface area is 105 Å². The molecule has 0 aliphatic rings. The average Bonchev–Trinajstić information content (AvgIpc) is 2.88. The zero-order chi connectivity index (χ0) is 12.4. The quantitative estimate of drug-likeness (QED) is 0.783. The van der Waals surface area contributed by atoms with Crippen molar-refractivity contribution in [2.45, 2.75) is 19.9 Å². The van der Waals surface area contributed by atoms with Gasteiger partial charge in [0.05, 0.1) is 28.6 Å². The number of aromatic nitrogens is 3. The van der Waals surface area contributed by atoms with Gasteiger partial charge < -0.3 is 4.57 Å². The Balaban J connectivity index is 2.36. The number of carbonyl (C=O) groups is 1. The SMILES string of the molecule is CCc1nn(C)c(Cn2cccc2C=O)c1Cl. The lowest BCUT2D eigenvalue weighted by Crippen LogP contribution is -2.07. The molecule has 4 nitrogen and oxygen atoms in total. The van der Waals surface area contributed by atoms with Gasteiger partial charge in [-0.3, -0.25) is 9.48 Å². The van der Waals surface area contributed by atoms with Gasteiger partial charge in [-0.15, -0.1) is 0 Å². The van der Waals surface area contributed by atoms with Crippen LogP contribution in [0.15, 0.2) is 18.3 Å². The summed E-state index contributed by atoms with van der Waals surface area (Å²) >= 11 is 6.26. The first-order chi connectivity index (χ1) is 8.17. The van der Waals surface area contributed by atoms with Gasteiger partial charge in [0.25, 0.3) is 0 Å². The van der Waals surface area contributed by atoms with Crippen molar-refractivity contribution in [2.75, 3.05) is 0 Å². The van der Waals surface area contributed by atoms with Crippen molar-refractivity contribution < 1.29 is 4.79 Å². The van der Waals surface area contributed by atoms with E-state index in [1.54, 1.807) is 10.7 Å². The van der Waals surface area contributed by atoms with Crippen LogP contribution in [0.3, 0.4) is 0 Å². The summed E-state index contributed by atoms with van der Waals surface area (Å²) in [4.78, 5) is 10.8. The molecule has 0 saturated carbocycles. The number of hydrogen-bond acceptors (Lipinski definition) is 2. The second kappa shape index (κ2) is 4.75. The van der Waals surface area contributed by atoms with Crippen LogP contribution in [0.25, 0.3) is 0 Å². The van der Waals surface area contributed by atoms with E-state index in [0.29, 0.717) is 17.3 Å². The monoisotopic (exact) mass is 251 g/mol. The highest BCUT2D eigenvalue weighted by atomic mass is 35.5. The Morgan fingerprint density at radius 1 is 1.53 bits per heavy atom. The first kappa shape index (κ1) is 11.9. The summed E-state index contributed by atoms with van der Waals surface area (Å²) in [6.07, 6.45) is 3.50. The lowest BCUT2D eigenvalue weighted by Gasteiger charge is -2.06. The molecule has 0 bridgehead atoms. The summed E-state index contributed by atoms with van der Waals surface area (Å²) in [6, 6.07) is 3.62. The van der Waals surface area contributed by atoms with Gasteiger partial charge in [0, 0.05) is 13.2 Å². The van der Waals surface area contributed by atoms with Crippen molar-refractivity contribution in [1.82, 2.24) is 14.3 Å². The molecule has 2 heterocycles. The first-order valence-electron chi connectivity index (χ1n) is 5.48. The predicted octanol–water partition coefficient (Wildman–Crippen LogP) is 2.30. The number of nitrogens with zero attached hydrogens (tertiary/aromatic N) is 3. The molecule has 0 spiro atoms. The molecular formula is C12H14ClN3O. The van der Waals surface area contributed by atoms with Crippen LogP contribution < -0.4 is 0 Å². The molecule has 2 aromatic rings. The van der Waals surface area contributed by atoms with E-state index in [1.165, 1.54) is 0 Å². The maximum absolute atomic E-state index is 10.8. The predicted molar refractivity (Wildman–Crippen MR) is 66.5 cm³/mol. The third-order valence-corrected chi connectivity index (χ3v) is 3.24. The summed E-state index contributed by atoms with van der Waals surface area (Å²) in [5.41, 5.74) is 2.45. The Morgan fingerprint density at radius 3 is 2.88 bits per heavy atom. The van der Waals surface area contributed by atoms with Gasteiger partial charge in [0.2, 0.25) is 0 Å². The highest BCUT2D eigenvalue weighted by molar-refractivity contribution is 6.31. The summed E-state index contributed by atoms with van der Waals surface area (Å²) < 4.78 is 3.63. The van der Waals surface area contributed by atoms with Crippen LogP contribution >= 0.6 is 11.6 Å². The van der Waals surface area contributed by atoms with Gasteiger partial charge in [-0.25, -0.2) is 0 Å². The smallest absolute Gasteiger partial charge is 0.166 e. The van der Waals surface area contributed by atoms with E-state index in [-0.39, 0.29) is 0 Å². The molecule has 0 unspecified atom stereocenters. The molecule has 2 rings (SSSR count). The van der Waals surface area contributed by atoms with Gasteiger partial charge >= 0.3 is 0 Å². The van der Waals surface area contributed by atoms with Crippen LogP contribution in [0.5, 0.6) is 0 Å². The maximum Gasteiger partial charge on any atom is 0.166 e. The standard InChI is InChI=1S/C12H14ClN3O/c1-3-10-12(13)11(15(2)14-10)7-16-6-4-5-9(16)8-17/h4-6,8H,3,7H2,1-2H3. The van der Waals surface area contributed by atoms with E-state index in [1.807, 2.05) is 30.8 Å². The van der Waals surface area contributed by atoms with Crippen LogP contribution in [0.2, 0.25) is 5.02 Å². The van der Waals surface area contributed by atoms with Crippen molar-refractivity contribution in [1.29, 1.82) is 0 Å². The molecule has 0 saturated heterocycles. The van der Waals surface area contributed by atoms with E-state index in [4.69, 9.17) is 11.6 Å². The van der Waals surface area contributed by atoms with E-state index in [0.717, 1.165) is 24.1 Å². The number of aryl methyl sites for hydroxylation is 2. The van der Waals surface area contributed by atoms with Crippen LogP contribution in [-0.4, -0.2) is 20.6 Å². The molecule has 0 aliphatic heterocycles. The summed E-state index contributed by atoms with van der Waals surface area (Å²) in [5, 5.41) is 5.04. The fourth-order valence-electron chi connectivity index (χ4n) is 1.83. The maximum atomic E-state index is 10.8. The number of hydrogen-bond donors (Lipinski definition) is 0. The third-order valence-electron chi connectivity index (χ3n) is 2.81. The van der Waals surface area contributed by atoms with Crippen molar-refractivity contribution in [3.8, 4) is 0 Å². The summed E-state index contributed by atoms with van der Waals surface area (Å²) in [6.45, 7) is 2.58. The molecular weight excluding hydrogens is 238 g/mol. The molecule has 0 aliphatic carbocycles. The van der Waals surface area contributed by atoms with Crippen molar-refractivity contribution in [2.24, 2.45) is 7.05 Å². The second-order valence-electron chi connectivity index (χ2n) is 3.86. The molecule has 0 N–H and O–H groups in total. The van der Waals surface area contributed by atoms with Gasteiger partial charge in [-0.1, -0.05) is 18.5 Å². The molecule has 2 aromatic heterocycles. The van der Waals surface area contributed by atoms with Crippen LogP contribution in [0.1, 0.15) is 28.8 Å². The normalized spacial score (nSPS) is 10.8. The minimum Gasteiger partial charge on any atom is -0.339 e. The lowest BCUT2D eigenvalue weighted by atomic mass is 10.3. The lowest BCUT2D eigenvalue weighted by molar-refractivity contribution is 0.111. The molecule has 0 radical (unpaired) electrons. The zero-order valence-corrected chi connectivity index (χ0v) is 10.6. The second-order valence-corrected chi connectivity index (χ2v) is 4.24. The van der Waals surface area contributed by atoms with Crippen LogP contribution in [-0.2, 0) is 20.0 Å². The van der Waals surface area contributed by atoms with Gasteiger partial charge in [0.1, 0.15) is 0 Å². The highest BCUT2D eigenvalue weighted by Crippen LogP contribution is 2.22. The molecule has 17 heavy (non-hydrogen) atoms. The van der Waals surface area contributed by atoms with Gasteiger partial charge in [0.15, 0.2) is 6.29 Å². The number of rotatable bonds is 4. The third kappa shape index (κ3) is 2.13. The van der Waals surface area contributed by atoms with Crippen molar-refractivity contribution in [3.05, 3.63) is 40.4 Å². The Hall–Kier alpha value is -1.55. The fraction of sp³-hybridized carbons (Fsp3) is 0.333. The Kier molecular flexibility index (Phi) is 3.33. The zero-order valence-electron chi connectivity index (χ0n) is 9.85. The first-order valence-corrected chi connectivity index (χ1v) is 5.85. The largest absolute Gasteiger partial charge is 0.339 e. The topological polar surface area (TPSA) is 39.8 Å². The number of aldehydes is 1. The highest BCUT2D eigenvalue weighted by Gasteiger charge is 2.13. The molecule has 90 valence electrons. The van der Waals surface area contributed by atoms with E-state index < -0.39 is 0 Å². The van der Waals surface area contributed by atoms with E-state index in [9.17, 15) is 4.79 Å². The van der Waals surface area contributed by atoms with Gasteiger partial charge in [-0.2, -0.15) is 5.10 Å². The average molecular weight is 252 g/mol. The summed E-state index contributed by atoms with van der Waals surface area (Å²) in [5.74, 6) is 0. The number of halogens is 1. The van der Waals surface area contributed by atoms with Crippen LogP contribution in [0, 0.1) is 0 Å². The van der Waals surface area contributed by atoms with Crippen molar-refractivity contribution >= 4 is 17.9 Å². The van der Waals surface area contributed by atoms with E-state index >= 15 is 0 Å². The van der Waals surface area contributed by atoms with Crippen LogP contribution in [0.4, 0.5) is 0 Å². The molecule has 0 amide bonds. The number of carbonyl (C=O) groups excluding carboxylic acids is 1. The van der Waals surface area contributed by atoms with E-state index in [2.05, 4.69) is 5.10 Å². The summed E-state index contributed by atoms with van der Waals surface area (Å²) in [7, 11) is 1.87. The van der Waals surface area contributed by atoms with Crippen molar-refractivity contribution in [3.63, 3.8) is 0 Å². The minimum absolute atomic E-state index is 0.559. The molecule has 0 atom stereocenters. The Bertz CT molecular complexity index is 542. The molecule has 0 aromatic carbocycles. The molecule has 5 heteroatoms.